The molecule has 0 spiro atoms. The van der Waals surface area contributed by atoms with Crippen LogP contribution in [0, 0.1) is 13.8 Å². The Morgan fingerprint density at radius 3 is 2.56 bits per heavy atom. The van der Waals surface area contributed by atoms with E-state index in [2.05, 4.69) is 19.9 Å². The third-order valence-corrected chi connectivity index (χ3v) is 4.60. The Bertz CT molecular complexity index is 774. The van der Waals surface area contributed by atoms with Gasteiger partial charge in [0, 0.05) is 17.0 Å². The highest BCUT2D eigenvalue weighted by atomic mass is 35.5. The van der Waals surface area contributed by atoms with E-state index in [1.807, 2.05) is 13.0 Å². The lowest BCUT2D eigenvalue weighted by Gasteiger charge is -2.20. The van der Waals surface area contributed by atoms with Crippen LogP contribution in [0.15, 0.2) is 30.3 Å². The quantitative estimate of drug-likeness (QED) is 0.566. The van der Waals surface area contributed by atoms with Crippen molar-refractivity contribution in [3.8, 4) is 5.75 Å². The summed E-state index contributed by atoms with van der Waals surface area (Å²) in [5, 5.41) is 11.2. The fraction of sp³-hybridized carbons (Fsp3) is 0.350. The zero-order valence-electron chi connectivity index (χ0n) is 15.1. The Morgan fingerprint density at radius 1 is 1.20 bits per heavy atom. The van der Waals surface area contributed by atoms with Gasteiger partial charge in [-0.2, -0.15) is 5.06 Å². The third-order valence-electron chi connectivity index (χ3n) is 4.25. The van der Waals surface area contributed by atoms with Gasteiger partial charge in [-0.3, -0.25) is 10.0 Å². The molecule has 4 nitrogen and oxygen atoms in total. The van der Waals surface area contributed by atoms with Gasteiger partial charge in [0.25, 0.3) is 0 Å². The molecule has 0 saturated carbocycles. The molecule has 2 aromatic rings. The summed E-state index contributed by atoms with van der Waals surface area (Å²) >= 11 is 6.28. The molecule has 5 heteroatoms. The Balaban J connectivity index is 2.30. The number of nitrogens with zero attached hydrogens (tertiary/aromatic N) is 1. The molecule has 0 unspecified atom stereocenters. The van der Waals surface area contributed by atoms with E-state index in [0.29, 0.717) is 21.3 Å². The molecule has 0 aliphatic rings. The highest BCUT2D eigenvalue weighted by Crippen LogP contribution is 2.30. The number of rotatable bonds is 6. The molecular weight excluding hydrogens is 338 g/mol. The molecule has 0 bridgehead atoms. The van der Waals surface area contributed by atoms with Crippen molar-refractivity contribution in [3.63, 3.8) is 0 Å². The number of carbonyl (C=O) groups is 1. The minimum atomic E-state index is -0.400. The molecule has 0 aliphatic carbocycles. The Kier molecular flexibility index (Phi) is 6.45. The van der Waals surface area contributed by atoms with Crippen molar-refractivity contribution in [2.24, 2.45) is 0 Å². The molecule has 0 fully saturated rings. The van der Waals surface area contributed by atoms with Crippen LogP contribution in [-0.4, -0.2) is 11.1 Å². The summed E-state index contributed by atoms with van der Waals surface area (Å²) in [6.07, 6.45) is 1.17. The normalized spacial score (nSPS) is 10.6. The number of ether oxygens (including phenoxy) is 1. The van der Waals surface area contributed by atoms with Gasteiger partial charge in [0.05, 0.1) is 5.69 Å². The monoisotopic (exact) mass is 361 g/mol. The maximum absolute atomic E-state index is 11.8. The summed E-state index contributed by atoms with van der Waals surface area (Å²) in [5.74, 6) is 0.370. The molecule has 1 N–H and O–H groups in total. The van der Waals surface area contributed by atoms with E-state index < -0.39 is 5.91 Å². The van der Waals surface area contributed by atoms with Crippen LogP contribution in [0.4, 0.5) is 5.69 Å². The van der Waals surface area contributed by atoms with Gasteiger partial charge < -0.3 is 4.74 Å². The van der Waals surface area contributed by atoms with Crippen LogP contribution in [0.2, 0.25) is 5.02 Å². The van der Waals surface area contributed by atoms with Gasteiger partial charge >= 0.3 is 0 Å². The minimum absolute atomic E-state index is 0.162. The number of halogens is 1. The smallest absolute Gasteiger partial charge is 0.250 e. The van der Waals surface area contributed by atoms with Crippen LogP contribution in [0.5, 0.6) is 5.75 Å². The van der Waals surface area contributed by atoms with Gasteiger partial charge in [-0.05, 0) is 55.2 Å². The number of anilines is 1. The lowest BCUT2D eigenvalue weighted by molar-refractivity contribution is -0.123. The number of aryl methyl sites for hydroxylation is 3. The summed E-state index contributed by atoms with van der Waals surface area (Å²) in [4.78, 5) is 11.8. The van der Waals surface area contributed by atoms with Crippen molar-refractivity contribution in [2.75, 3.05) is 5.06 Å². The lowest BCUT2D eigenvalue weighted by atomic mass is 10.0. The second kappa shape index (κ2) is 8.37. The van der Waals surface area contributed by atoms with Gasteiger partial charge in [0.2, 0.25) is 5.91 Å². The van der Waals surface area contributed by atoms with Crippen molar-refractivity contribution in [2.45, 2.75) is 47.1 Å². The van der Waals surface area contributed by atoms with Crippen molar-refractivity contribution < 1.29 is 14.7 Å². The molecule has 134 valence electrons. The first-order valence-electron chi connectivity index (χ1n) is 8.41. The van der Waals surface area contributed by atoms with Crippen LogP contribution in [0.1, 0.15) is 42.5 Å². The fourth-order valence-electron chi connectivity index (χ4n) is 2.71. The molecular formula is C20H24ClNO3. The van der Waals surface area contributed by atoms with E-state index in [1.165, 1.54) is 11.1 Å². The van der Waals surface area contributed by atoms with E-state index in [4.69, 9.17) is 16.3 Å². The minimum Gasteiger partial charge on any atom is -0.488 e. The molecule has 0 atom stereocenters. The Morgan fingerprint density at radius 2 is 1.92 bits per heavy atom. The van der Waals surface area contributed by atoms with Crippen LogP contribution >= 0.6 is 11.6 Å². The lowest BCUT2D eigenvalue weighted by Crippen LogP contribution is -2.27. The topological polar surface area (TPSA) is 49.8 Å². The fourth-order valence-corrected chi connectivity index (χ4v) is 2.93. The summed E-state index contributed by atoms with van der Waals surface area (Å²) in [6, 6.07) is 9.19. The number of hydrogen-bond acceptors (Lipinski definition) is 3. The molecule has 0 radical (unpaired) electrons. The van der Waals surface area contributed by atoms with E-state index in [-0.39, 0.29) is 13.0 Å². The molecule has 0 saturated heterocycles. The average molecular weight is 362 g/mol. The Hall–Kier alpha value is -2.04. The van der Waals surface area contributed by atoms with Crippen molar-refractivity contribution >= 4 is 23.2 Å². The second-order valence-electron chi connectivity index (χ2n) is 5.98. The predicted octanol–water partition coefficient (Wildman–Crippen LogP) is 5.23. The molecule has 2 rings (SSSR count). The molecule has 2 aromatic carbocycles. The van der Waals surface area contributed by atoms with Gasteiger partial charge in [0.1, 0.15) is 12.4 Å². The first-order valence-corrected chi connectivity index (χ1v) is 8.78. The van der Waals surface area contributed by atoms with Crippen LogP contribution in [0.25, 0.3) is 0 Å². The summed E-state index contributed by atoms with van der Waals surface area (Å²) < 4.78 is 5.95. The van der Waals surface area contributed by atoms with E-state index in [9.17, 15) is 10.0 Å². The molecule has 1 amide bonds. The van der Waals surface area contributed by atoms with E-state index in [1.54, 1.807) is 25.1 Å². The molecule has 0 aromatic heterocycles. The second-order valence-corrected chi connectivity index (χ2v) is 6.39. The van der Waals surface area contributed by atoms with Crippen LogP contribution in [0.3, 0.4) is 0 Å². The van der Waals surface area contributed by atoms with Gasteiger partial charge in [-0.1, -0.05) is 37.6 Å². The van der Waals surface area contributed by atoms with E-state index >= 15 is 0 Å². The summed E-state index contributed by atoms with van der Waals surface area (Å²) in [5.41, 5.74) is 4.43. The number of hydrogen-bond donors (Lipinski definition) is 1. The van der Waals surface area contributed by atoms with Crippen molar-refractivity contribution in [3.05, 3.63) is 57.6 Å². The summed E-state index contributed by atoms with van der Waals surface area (Å²) in [6.45, 7) is 8.03. The maximum Gasteiger partial charge on any atom is 0.250 e. The zero-order chi connectivity index (χ0) is 18.6. The predicted molar refractivity (Wildman–Crippen MR) is 101 cm³/mol. The van der Waals surface area contributed by atoms with Crippen LogP contribution in [-0.2, 0) is 17.8 Å². The highest BCUT2D eigenvalue weighted by molar-refractivity contribution is 6.31. The van der Waals surface area contributed by atoms with Gasteiger partial charge in [-0.15, -0.1) is 0 Å². The average Bonchev–Trinajstić information content (AvgIpc) is 2.61. The van der Waals surface area contributed by atoms with Crippen molar-refractivity contribution in [1.82, 2.24) is 0 Å². The third kappa shape index (κ3) is 4.33. The van der Waals surface area contributed by atoms with Gasteiger partial charge in [-0.25, -0.2) is 0 Å². The number of carbonyl (C=O) groups excluding carboxylic acids is 1. The first-order chi connectivity index (χ1) is 11.9. The maximum atomic E-state index is 11.8. The first kappa shape index (κ1) is 19.3. The number of benzene rings is 2. The largest absolute Gasteiger partial charge is 0.488 e. The van der Waals surface area contributed by atoms with Gasteiger partial charge in [0.15, 0.2) is 0 Å². The summed E-state index contributed by atoms with van der Waals surface area (Å²) in [7, 11) is 0. The SMILES string of the molecule is CCC(=O)N(O)c1cccc(Cl)c1COc1cc(C)c(CC)cc1C. The standard InChI is InChI=1S/C20H24ClNO3/c1-5-15-10-14(4)19(11-13(15)3)25-12-16-17(21)8-7-9-18(16)22(24)20(23)6-2/h7-11,24H,5-6,12H2,1-4H3. The van der Waals surface area contributed by atoms with E-state index in [0.717, 1.165) is 17.7 Å². The molecule has 0 heterocycles. The number of amides is 1. The number of hydroxylamine groups is 1. The van der Waals surface area contributed by atoms with Crippen molar-refractivity contribution in [1.29, 1.82) is 0 Å². The highest BCUT2D eigenvalue weighted by Gasteiger charge is 2.18. The zero-order valence-corrected chi connectivity index (χ0v) is 15.9. The Labute approximate surface area is 153 Å². The molecule has 25 heavy (non-hydrogen) atoms. The molecule has 0 aliphatic heterocycles. The van der Waals surface area contributed by atoms with Crippen LogP contribution < -0.4 is 9.80 Å².